The molecule has 0 fully saturated rings. The molecule has 176 valence electrons. The van der Waals surface area contributed by atoms with Gasteiger partial charge in [0.2, 0.25) is 5.91 Å². The maximum Gasteiger partial charge on any atom is 0.407 e. The SMILES string of the molecule is CC(CCNC(=O)OCC1c2ccccc2-c2ccccc21)CC(=O)N[C@H](C(=O)O)[C@@H](C)O. The van der Waals surface area contributed by atoms with Gasteiger partial charge in [-0.15, -0.1) is 0 Å². The first-order valence-electron chi connectivity index (χ1n) is 11.1. The molecular weight excluding hydrogens is 424 g/mol. The van der Waals surface area contributed by atoms with Gasteiger partial charge in [0.05, 0.1) is 6.10 Å². The number of hydrogen-bond donors (Lipinski definition) is 4. The summed E-state index contributed by atoms with van der Waals surface area (Å²) in [6.07, 6.45) is -1.11. The Kier molecular flexibility index (Phi) is 8.06. The number of nitrogens with one attached hydrogen (secondary N) is 2. The second kappa shape index (κ2) is 11.0. The molecule has 2 amide bonds. The lowest BCUT2D eigenvalue weighted by Gasteiger charge is -2.19. The van der Waals surface area contributed by atoms with E-state index >= 15 is 0 Å². The maximum absolute atomic E-state index is 12.2. The average Bonchev–Trinajstić information content (AvgIpc) is 3.09. The van der Waals surface area contributed by atoms with Crippen LogP contribution in [0.4, 0.5) is 4.79 Å². The second-order valence-electron chi connectivity index (χ2n) is 8.47. The Morgan fingerprint density at radius 1 is 1.00 bits per heavy atom. The fraction of sp³-hybridized carbons (Fsp3) is 0.400. The van der Waals surface area contributed by atoms with Gasteiger partial charge in [-0.1, -0.05) is 55.5 Å². The monoisotopic (exact) mass is 454 g/mol. The van der Waals surface area contributed by atoms with Crippen molar-refractivity contribution in [1.29, 1.82) is 0 Å². The predicted molar refractivity (Wildman–Crippen MR) is 123 cm³/mol. The van der Waals surface area contributed by atoms with Crippen LogP contribution >= 0.6 is 0 Å². The van der Waals surface area contributed by atoms with Crippen LogP contribution in [0.25, 0.3) is 11.1 Å². The van der Waals surface area contributed by atoms with E-state index in [0.29, 0.717) is 13.0 Å². The van der Waals surface area contributed by atoms with Crippen LogP contribution in [-0.4, -0.2) is 53.5 Å². The summed E-state index contributed by atoms with van der Waals surface area (Å²) in [6, 6.07) is 14.9. The molecule has 1 aliphatic rings. The van der Waals surface area contributed by atoms with Crippen molar-refractivity contribution in [2.24, 2.45) is 5.92 Å². The fourth-order valence-corrected chi connectivity index (χ4v) is 4.11. The molecule has 0 saturated carbocycles. The van der Waals surface area contributed by atoms with E-state index in [4.69, 9.17) is 9.84 Å². The molecule has 0 aromatic heterocycles. The summed E-state index contributed by atoms with van der Waals surface area (Å²) in [6.45, 7) is 3.69. The number of fused-ring (bicyclic) bond motifs is 3. The molecule has 0 radical (unpaired) electrons. The van der Waals surface area contributed by atoms with Crippen LogP contribution in [0.5, 0.6) is 0 Å². The van der Waals surface area contributed by atoms with Gasteiger partial charge in [0.25, 0.3) is 0 Å². The minimum Gasteiger partial charge on any atom is -0.480 e. The highest BCUT2D eigenvalue weighted by Crippen LogP contribution is 2.44. The van der Waals surface area contributed by atoms with Crippen LogP contribution in [0.15, 0.2) is 48.5 Å². The normalized spacial score (nSPS) is 15.0. The number of aliphatic hydroxyl groups excluding tert-OH is 1. The van der Waals surface area contributed by atoms with E-state index in [1.165, 1.54) is 6.92 Å². The molecule has 8 nitrogen and oxygen atoms in total. The summed E-state index contributed by atoms with van der Waals surface area (Å²) in [5.41, 5.74) is 4.61. The number of benzene rings is 2. The van der Waals surface area contributed by atoms with E-state index in [0.717, 1.165) is 22.3 Å². The smallest absolute Gasteiger partial charge is 0.407 e. The Balaban J connectivity index is 1.42. The zero-order valence-corrected chi connectivity index (χ0v) is 18.8. The van der Waals surface area contributed by atoms with E-state index in [2.05, 4.69) is 34.9 Å². The number of aliphatic hydroxyl groups is 1. The number of carboxylic acids is 1. The first-order chi connectivity index (χ1) is 15.8. The molecule has 3 atom stereocenters. The average molecular weight is 455 g/mol. The molecule has 0 bridgehead atoms. The summed E-state index contributed by atoms with van der Waals surface area (Å²) < 4.78 is 5.49. The van der Waals surface area contributed by atoms with Crippen LogP contribution in [0.2, 0.25) is 0 Å². The summed E-state index contributed by atoms with van der Waals surface area (Å²) in [7, 11) is 0. The highest BCUT2D eigenvalue weighted by atomic mass is 16.5. The van der Waals surface area contributed by atoms with Gasteiger partial charge in [-0.3, -0.25) is 4.79 Å². The Labute approximate surface area is 193 Å². The van der Waals surface area contributed by atoms with Gasteiger partial charge in [0, 0.05) is 18.9 Å². The van der Waals surface area contributed by atoms with E-state index < -0.39 is 30.1 Å². The minimum atomic E-state index is -1.34. The molecule has 1 unspecified atom stereocenters. The molecule has 0 aliphatic heterocycles. The Morgan fingerprint density at radius 3 is 2.12 bits per heavy atom. The van der Waals surface area contributed by atoms with Crippen molar-refractivity contribution in [2.45, 2.75) is 44.8 Å². The highest BCUT2D eigenvalue weighted by Gasteiger charge is 2.29. The van der Waals surface area contributed by atoms with Crippen LogP contribution in [0, 0.1) is 5.92 Å². The van der Waals surface area contributed by atoms with Gasteiger partial charge >= 0.3 is 12.1 Å². The lowest BCUT2D eigenvalue weighted by atomic mass is 9.98. The third kappa shape index (κ3) is 6.10. The highest BCUT2D eigenvalue weighted by molar-refractivity contribution is 5.84. The van der Waals surface area contributed by atoms with Gasteiger partial charge in [0.1, 0.15) is 6.61 Å². The maximum atomic E-state index is 12.2. The number of hydrogen-bond acceptors (Lipinski definition) is 5. The molecule has 1 aliphatic carbocycles. The van der Waals surface area contributed by atoms with Crippen molar-refractivity contribution in [1.82, 2.24) is 10.6 Å². The summed E-state index contributed by atoms with van der Waals surface area (Å²) in [5, 5.41) is 23.5. The first-order valence-corrected chi connectivity index (χ1v) is 11.1. The molecule has 3 rings (SSSR count). The van der Waals surface area contributed by atoms with Gasteiger partial charge in [-0.2, -0.15) is 0 Å². The summed E-state index contributed by atoms with van der Waals surface area (Å²) >= 11 is 0. The Morgan fingerprint density at radius 2 is 1.58 bits per heavy atom. The minimum absolute atomic E-state index is 0.0122. The van der Waals surface area contributed by atoms with Crippen molar-refractivity contribution >= 4 is 18.0 Å². The molecule has 4 N–H and O–H groups in total. The largest absolute Gasteiger partial charge is 0.480 e. The third-order valence-electron chi connectivity index (χ3n) is 5.85. The molecule has 0 heterocycles. The van der Waals surface area contributed by atoms with Crippen LogP contribution in [-0.2, 0) is 14.3 Å². The first kappa shape index (κ1) is 24.3. The third-order valence-corrected chi connectivity index (χ3v) is 5.85. The lowest BCUT2D eigenvalue weighted by molar-refractivity contribution is -0.144. The standard InChI is InChI=1S/C25H30N2O6/c1-15(13-22(29)27-23(16(2)28)24(30)31)11-12-26-25(32)33-14-21-19-9-5-3-7-17(19)18-8-4-6-10-20(18)21/h3-10,15-16,21,23,28H,11-14H2,1-2H3,(H,26,32)(H,27,29)(H,30,31)/t15?,16-,23+/m1/s1. The summed E-state index contributed by atoms with van der Waals surface area (Å²) in [5.74, 6) is -1.86. The number of rotatable bonds is 10. The van der Waals surface area contributed by atoms with Crippen LogP contribution in [0.1, 0.15) is 43.7 Å². The zero-order chi connectivity index (χ0) is 24.0. The van der Waals surface area contributed by atoms with Gasteiger partial charge < -0.3 is 25.6 Å². The molecule has 2 aromatic carbocycles. The van der Waals surface area contributed by atoms with Crippen LogP contribution in [0.3, 0.4) is 0 Å². The lowest BCUT2D eigenvalue weighted by Crippen LogP contribution is -2.48. The van der Waals surface area contributed by atoms with Crippen molar-refractivity contribution in [3.63, 3.8) is 0 Å². The molecule has 0 saturated heterocycles. The van der Waals surface area contributed by atoms with Crippen molar-refractivity contribution in [2.75, 3.05) is 13.2 Å². The quantitative estimate of drug-likeness (QED) is 0.438. The van der Waals surface area contributed by atoms with Gasteiger partial charge in [0.15, 0.2) is 6.04 Å². The van der Waals surface area contributed by atoms with Gasteiger partial charge in [-0.05, 0) is 41.5 Å². The summed E-state index contributed by atoms with van der Waals surface area (Å²) in [4.78, 5) is 35.3. The molecule has 2 aromatic rings. The Hall–Kier alpha value is -3.39. The van der Waals surface area contributed by atoms with Crippen LogP contribution < -0.4 is 10.6 Å². The zero-order valence-electron chi connectivity index (χ0n) is 18.8. The predicted octanol–water partition coefficient (Wildman–Crippen LogP) is 2.89. The number of amides is 2. The van der Waals surface area contributed by atoms with Gasteiger partial charge in [-0.25, -0.2) is 9.59 Å². The van der Waals surface area contributed by atoms with Crippen molar-refractivity contribution in [3.05, 3.63) is 59.7 Å². The molecule has 8 heteroatoms. The van der Waals surface area contributed by atoms with E-state index in [1.54, 1.807) is 0 Å². The van der Waals surface area contributed by atoms with Crippen molar-refractivity contribution in [3.8, 4) is 11.1 Å². The Bertz CT molecular complexity index is 960. The second-order valence-corrected chi connectivity index (χ2v) is 8.47. The van der Waals surface area contributed by atoms with E-state index in [9.17, 15) is 19.5 Å². The number of alkyl carbamates (subject to hydrolysis) is 1. The number of carboxylic acid groups (broad SMARTS) is 1. The van der Waals surface area contributed by atoms with E-state index in [1.807, 2.05) is 31.2 Å². The fourth-order valence-electron chi connectivity index (χ4n) is 4.11. The number of carbonyl (C=O) groups excluding carboxylic acids is 2. The molecule has 0 spiro atoms. The van der Waals surface area contributed by atoms with Crippen molar-refractivity contribution < 1.29 is 29.3 Å². The topological polar surface area (TPSA) is 125 Å². The number of aliphatic carboxylic acids is 1. The molecule has 33 heavy (non-hydrogen) atoms. The molecular formula is C25H30N2O6. The van der Waals surface area contributed by atoms with E-state index in [-0.39, 0.29) is 24.9 Å². The number of carbonyl (C=O) groups is 3. The number of ether oxygens (including phenoxy) is 1.